The molecule has 2 aromatic rings. The molecular weight excluding hydrogens is 429 g/mol. The molecule has 5 nitrogen and oxygen atoms in total. The summed E-state index contributed by atoms with van der Waals surface area (Å²) in [7, 11) is -1.18. The topological polar surface area (TPSA) is 64.6 Å². The Bertz CT molecular complexity index is 843. The summed E-state index contributed by atoms with van der Waals surface area (Å²) in [6.45, 7) is 0. The van der Waals surface area contributed by atoms with Crippen LogP contribution in [-0.2, 0) is 10.0 Å². The monoisotopic (exact) mass is 439 g/mol. The van der Waals surface area contributed by atoms with Crippen molar-refractivity contribution in [1.29, 1.82) is 0 Å². The van der Waals surface area contributed by atoms with Gasteiger partial charge in [0.05, 0.1) is 24.4 Å². The molecule has 1 N–H and O–H groups in total. The van der Waals surface area contributed by atoms with E-state index in [9.17, 15) is 8.42 Å². The first-order valence-corrected chi connectivity index (χ1v) is 9.21. The molecule has 0 radical (unpaired) electrons. The molecule has 0 aliphatic heterocycles. The first kappa shape index (κ1) is 18.2. The maximum absolute atomic E-state index is 12.7. The zero-order valence-corrected chi connectivity index (χ0v) is 16.0. The van der Waals surface area contributed by atoms with Crippen LogP contribution in [0.5, 0.6) is 11.5 Å². The fourth-order valence-electron chi connectivity index (χ4n) is 1.89. The molecule has 0 spiro atoms. The molecule has 0 saturated carbocycles. The molecule has 2 rings (SSSR count). The fourth-order valence-corrected chi connectivity index (χ4v) is 4.51. The van der Waals surface area contributed by atoms with Gasteiger partial charge in [-0.15, -0.1) is 0 Å². The van der Waals surface area contributed by atoms with Gasteiger partial charge in [-0.2, -0.15) is 0 Å². The third-order valence-corrected chi connectivity index (χ3v) is 5.29. The second-order valence-corrected chi connectivity index (χ2v) is 7.75. The average molecular weight is 441 g/mol. The first-order chi connectivity index (χ1) is 10.8. The van der Waals surface area contributed by atoms with Crippen molar-refractivity contribution >= 4 is 54.8 Å². The van der Waals surface area contributed by atoms with Gasteiger partial charge in [0.1, 0.15) is 10.6 Å². The Balaban J connectivity index is 2.54. The summed E-state index contributed by atoms with van der Waals surface area (Å²) in [5, 5.41) is 0.610. The number of hydrogen-bond acceptors (Lipinski definition) is 4. The van der Waals surface area contributed by atoms with Gasteiger partial charge < -0.3 is 9.47 Å². The highest BCUT2D eigenvalue weighted by Crippen LogP contribution is 2.37. The third kappa shape index (κ3) is 4.03. The summed E-state index contributed by atoms with van der Waals surface area (Å²) in [6.07, 6.45) is 0. The summed E-state index contributed by atoms with van der Waals surface area (Å²) < 4.78 is 38.5. The summed E-state index contributed by atoms with van der Waals surface area (Å²) in [6, 6.07) is 7.44. The Kier molecular flexibility index (Phi) is 5.67. The molecule has 0 aromatic heterocycles. The molecule has 23 heavy (non-hydrogen) atoms. The fraction of sp³-hybridized carbons (Fsp3) is 0.143. The van der Waals surface area contributed by atoms with E-state index in [4.69, 9.17) is 32.7 Å². The number of ether oxygens (including phenoxy) is 2. The molecule has 0 aliphatic rings. The smallest absolute Gasteiger partial charge is 0.265 e. The maximum atomic E-state index is 12.7. The number of hydrogen-bond donors (Lipinski definition) is 1. The molecule has 9 heteroatoms. The highest BCUT2D eigenvalue weighted by molar-refractivity contribution is 9.10. The number of benzene rings is 2. The molecule has 124 valence electrons. The van der Waals surface area contributed by atoms with Gasteiger partial charge in [-0.25, -0.2) is 8.42 Å². The van der Waals surface area contributed by atoms with Gasteiger partial charge in [-0.3, -0.25) is 4.72 Å². The van der Waals surface area contributed by atoms with Crippen LogP contribution in [0.4, 0.5) is 5.69 Å². The zero-order chi connectivity index (χ0) is 17.2. The van der Waals surface area contributed by atoms with Gasteiger partial charge >= 0.3 is 0 Å². The third-order valence-electron chi connectivity index (χ3n) is 2.87. The predicted octanol–water partition coefficient (Wildman–Crippen LogP) is 4.57. The van der Waals surface area contributed by atoms with Crippen molar-refractivity contribution < 1.29 is 17.9 Å². The predicted molar refractivity (Wildman–Crippen MR) is 94.5 cm³/mol. The minimum Gasteiger partial charge on any atom is -0.495 e. The lowest BCUT2D eigenvalue weighted by Crippen LogP contribution is -2.15. The van der Waals surface area contributed by atoms with Crippen molar-refractivity contribution in [2.24, 2.45) is 0 Å². The van der Waals surface area contributed by atoms with Crippen molar-refractivity contribution in [3.05, 3.63) is 44.8 Å². The average Bonchev–Trinajstić information content (AvgIpc) is 2.46. The van der Waals surface area contributed by atoms with E-state index in [2.05, 4.69) is 20.7 Å². The van der Waals surface area contributed by atoms with Gasteiger partial charge in [0.15, 0.2) is 5.75 Å². The standard InChI is InChI=1S/C14H12BrCl2NO4S/c1-21-12-4-3-8(16)6-11(12)18-23(19,20)13-7-9(17)5-10(15)14(13)22-2/h3-7,18H,1-2H3. The van der Waals surface area contributed by atoms with Gasteiger partial charge in [0, 0.05) is 10.0 Å². The lowest BCUT2D eigenvalue weighted by atomic mass is 10.3. The Morgan fingerprint density at radius 1 is 1.04 bits per heavy atom. The van der Waals surface area contributed by atoms with E-state index in [-0.39, 0.29) is 21.4 Å². The molecule has 0 saturated heterocycles. The van der Waals surface area contributed by atoms with Crippen LogP contribution >= 0.6 is 39.1 Å². The van der Waals surface area contributed by atoms with Crippen molar-refractivity contribution in [3.8, 4) is 11.5 Å². The quantitative estimate of drug-likeness (QED) is 0.739. The molecule has 0 aliphatic carbocycles. The van der Waals surface area contributed by atoms with Crippen LogP contribution in [0.1, 0.15) is 0 Å². The van der Waals surface area contributed by atoms with Crippen LogP contribution in [0.3, 0.4) is 0 Å². The zero-order valence-electron chi connectivity index (χ0n) is 12.1. The van der Waals surface area contributed by atoms with E-state index < -0.39 is 10.0 Å². The Hall–Kier alpha value is -1.15. The minimum absolute atomic E-state index is 0.110. The Morgan fingerprint density at radius 2 is 1.74 bits per heavy atom. The maximum Gasteiger partial charge on any atom is 0.265 e. The molecule has 2 aromatic carbocycles. The molecule has 0 heterocycles. The molecule has 0 amide bonds. The number of anilines is 1. The second-order valence-electron chi connectivity index (χ2n) is 4.37. The van der Waals surface area contributed by atoms with Crippen LogP contribution in [0.2, 0.25) is 10.0 Å². The molecular formula is C14H12BrCl2NO4S. The number of rotatable bonds is 5. The van der Waals surface area contributed by atoms with Gasteiger partial charge in [-0.05, 0) is 46.3 Å². The summed E-state index contributed by atoms with van der Waals surface area (Å²) in [5.41, 5.74) is 0.207. The van der Waals surface area contributed by atoms with Crippen molar-refractivity contribution in [2.75, 3.05) is 18.9 Å². The van der Waals surface area contributed by atoms with E-state index in [1.807, 2.05) is 0 Å². The molecule has 0 bridgehead atoms. The summed E-state index contributed by atoms with van der Waals surface area (Å²) in [4.78, 5) is -0.110. The highest BCUT2D eigenvalue weighted by Gasteiger charge is 2.24. The van der Waals surface area contributed by atoms with E-state index in [1.165, 1.54) is 26.4 Å². The normalized spacial score (nSPS) is 11.2. The Labute approximate surface area is 152 Å². The molecule has 0 fully saturated rings. The largest absolute Gasteiger partial charge is 0.495 e. The van der Waals surface area contributed by atoms with E-state index in [0.717, 1.165) is 0 Å². The Morgan fingerprint density at radius 3 is 2.35 bits per heavy atom. The van der Waals surface area contributed by atoms with Crippen LogP contribution in [0.15, 0.2) is 39.7 Å². The minimum atomic E-state index is -3.98. The van der Waals surface area contributed by atoms with Crippen LogP contribution in [0, 0.1) is 0 Å². The number of halogens is 3. The van der Waals surface area contributed by atoms with Crippen molar-refractivity contribution in [1.82, 2.24) is 0 Å². The van der Waals surface area contributed by atoms with Crippen molar-refractivity contribution in [3.63, 3.8) is 0 Å². The van der Waals surface area contributed by atoms with Crippen LogP contribution < -0.4 is 14.2 Å². The van der Waals surface area contributed by atoms with Crippen molar-refractivity contribution in [2.45, 2.75) is 4.90 Å². The highest BCUT2D eigenvalue weighted by atomic mass is 79.9. The number of nitrogens with one attached hydrogen (secondary N) is 1. The lowest BCUT2D eigenvalue weighted by Gasteiger charge is -2.15. The van der Waals surface area contributed by atoms with Crippen LogP contribution in [0.25, 0.3) is 0 Å². The first-order valence-electron chi connectivity index (χ1n) is 6.18. The lowest BCUT2D eigenvalue weighted by molar-refractivity contribution is 0.400. The van der Waals surface area contributed by atoms with Gasteiger partial charge in [0.2, 0.25) is 0 Å². The summed E-state index contributed by atoms with van der Waals surface area (Å²) >= 11 is 15.1. The number of methoxy groups -OCH3 is 2. The van der Waals surface area contributed by atoms with Gasteiger partial charge in [-0.1, -0.05) is 23.2 Å². The second kappa shape index (κ2) is 7.17. The number of sulfonamides is 1. The molecule has 0 atom stereocenters. The van der Waals surface area contributed by atoms with Crippen LogP contribution in [-0.4, -0.2) is 22.6 Å². The van der Waals surface area contributed by atoms with E-state index in [0.29, 0.717) is 15.2 Å². The van der Waals surface area contributed by atoms with E-state index >= 15 is 0 Å². The summed E-state index contributed by atoms with van der Waals surface area (Å²) in [5.74, 6) is 0.473. The molecule has 0 unspecified atom stereocenters. The SMILES string of the molecule is COc1ccc(Cl)cc1NS(=O)(=O)c1cc(Cl)cc(Br)c1OC. The van der Waals surface area contributed by atoms with E-state index in [1.54, 1.807) is 18.2 Å². The van der Waals surface area contributed by atoms with Gasteiger partial charge in [0.25, 0.3) is 10.0 Å².